The van der Waals surface area contributed by atoms with Gasteiger partial charge in [0.1, 0.15) is 11.6 Å². The molecule has 0 unspecified atom stereocenters. The molecule has 0 spiro atoms. The van der Waals surface area contributed by atoms with Crippen LogP contribution in [0.25, 0.3) is 0 Å². The molecule has 1 N–H and O–H groups in total. The second kappa shape index (κ2) is 6.42. The molecule has 1 aromatic carbocycles. The highest BCUT2D eigenvalue weighted by Gasteiger charge is 2.44. The lowest BCUT2D eigenvalue weighted by Gasteiger charge is -2.23. The van der Waals surface area contributed by atoms with Gasteiger partial charge in [0.2, 0.25) is 5.56 Å². The van der Waals surface area contributed by atoms with Crippen molar-refractivity contribution in [3.63, 3.8) is 0 Å². The summed E-state index contributed by atoms with van der Waals surface area (Å²) in [6.45, 7) is 0. The molecule has 2 aromatic rings. The van der Waals surface area contributed by atoms with Gasteiger partial charge in [0, 0.05) is 19.3 Å². The molecular formula is C15H11F5N2O2. The molecule has 0 fully saturated rings. The molecule has 9 heteroatoms. The predicted molar refractivity (Wildman–Crippen MR) is 74.3 cm³/mol. The van der Waals surface area contributed by atoms with Crippen LogP contribution in [0, 0.1) is 11.6 Å². The number of carbonyl (C=O) groups excluding carboxylic acids is 1. The van der Waals surface area contributed by atoms with Crippen molar-refractivity contribution < 1.29 is 26.7 Å². The first kappa shape index (κ1) is 17.6. The van der Waals surface area contributed by atoms with Crippen LogP contribution in [-0.4, -0.2) is 16.7 Å². The molecule has 0 bridgehead atoms. The largest absolute Gasteiger partial charge is 0.413 e. The molecule has 0 aliphatic rings. The maximum Gasteiger partial charge on any atom is 0.413 e. The van der Waals surface area contributed by atoms with E-state index in [1.165, 1.54) is 7.05 Å². The fourth-order valence-corrected chi connectivity index (χ4v) is 2.05. The minimum atomic E-state index is -5.13. The maximum atomic E-state index is 13.7. The van der Waals surface area contributed by atoms with Crippen LogP contribution in [0.4, 0.5) is 22.0 Å². The Morgan fingerprint density at radius 1 is 1.12 bits per heavy atom. The monoisotopic (exact) mass is 346 g/mol. The van der Waals surface area contributed by atoms with Crippen LogP contribution in [0.15, 0.2) is 41.3 Å². The fraction of sp³-hybridized carbons (Fsp3) is 0.200. The van der Waals surface area contributed by atoms with E-state index in [2.05, 4.69) is 0 Å². The van der Waals surface area contributed by atoms with Gasteiger partial charge in [0.05, 0.1) is 11.1 Å². The Bertz CT molecular complexity index is 809. The van der Waals surface area contributed by atoms with Gasteiger partial charge >= 0.3 is 6.18 Å². The summed E-state index contributed by atoms with van der Waals surface area (Å²) in [5.41, 5.74) is -2.04. The Kier molecular flexibility index (Phi) is 4.72. The molecule has 128 valence electrons. The minimum absolute atomic E-state index is 0.261. The van der Waals surface area contributed by atoms with Gasteiger partial charge < -0.3 is 9.88 Å². The number of halogens is 5. The number of aromatic nitrogens is 1. The molecule has 0 aliphatic carbocycles. The van der Waals surface area contributed by atoms with E-state index in [1.807, 2.05) is 0 Å². The first-order chi connectivity index (χ1) is 11.1. The topological polar surface area (TPSA) is 51.1 Å². The lowest BCUT2D eigenvalue weighted by atomic mass is 10.0. The Balaban J connectivity index is 2.42. The number of aryl methyl sites for hydroxylation is 1. The summed E-state index contributed by atoms with van der Waals surface area (Å²) in [4.78, 5) is 23.2. The number of hydrogen-bond acceptors (Lipinski definition) is 2. The van der Waals surface area contributed by atoms with Crippen molar-refractivity contribution in [1.29, 1.82) is 0 Å². The number of nitrogens with zero attached hydrogens (tertiary/aromatic N) is 1. The quantitative estimate of drug-likeness (QED) is 0.869. The predicted octanol–water partition coefficient (Wildman–Crippen LogP) is 2.70. The first-order valence-electron chi connectivity index (χ1n) is 6.59. The van der Waals surface area contributed by atoms with Crippen LogP contribution in [-0.2, 0) is 7.05 Å². The van der Waals surface area contributed by atoms with Crippen molar-refractivity contribution in [3.05, 3.63) is 69.6 Å². The van der Waals surface area contributed by atoms with E-state index in [0.717, 1.165) is 29.0 Å². The van der Waals surface area contributed by atoms with Gasteiger partial charge in [-0.3, -0.25) is 9.59 Å². The Morgan fingerprint density at radius 3 is 2.21 bits per heavy atom. The third-order valence-electron chi connectivity index (χ3n) is 3.24. The van der Waals surface area contributed by atoms with Crippen LogP contribution in [0.5, 0.6) is 0 Å². The van der Waals surface area contributed by atoms with E-state index >= 15 is 0 Å². The van der Waals surface area contributed by atoms with Crippen LogP contribution in [0.1, 0.15) is 22.0 Å². The summed E-state index contributed by atoms with van der Waals surface area (Å²) < 4.78 is 67.9. The molecule has 2 rings (SSSR count). The highest BCUT2D eigenvalue weighted by Crippen LogP contribution is 2.35. The molecule has 1 aromatic heterocycles. The van der Waals surface area contributed by atoms with E-state index in [-0.39, 0.29) is 5.56 Å². The van der Waals surface area contributed by atoms with Gasteiger partial charge in [-0.05, 0) is 18.2 Å². The number of nitrogens with one attached hydrogen (secondary N) is 1. The zero-order valence-electron chi connectivity index (χ0n) is 12.2. The van der Waals surface area contributed by atoms with Gasteiger partial charge in [-0.2, -0.15) is 13.2 Å². The number of pyridine rings is 1. The number of carbonyl (C=O) groups is 1. The molecule has 0 radical (unpaired) electrons. The smallest absolute Gasteiger partial charge is 0.336 e. The van der Waals surface area contributed by atoms with E-state index < -0.39 is 40.9 Å². The van der Waals surface area contributed by atoms with Gasteiger partial charge in [0.25, 0.3) is 5.91 Å². The Hall–Kier alpha value is -2.71. The second-order valence-electron chi connectivity index (χ2n) is 4.95. The summed E-state index contributed by atoms with van der Waals surface area (Å²) in [7, 11) is 1.30. The first-order valence-corrected chi connectivity index (χ1v) is 6.59. The average Bonchev–Trinajstić information content (AvgIpc) is 2.47. The van der Waals surface area contributed by atoms with Crippen molar-refractivity contribution >= 4 is 5.91 Å². The third kappa shape index (κ3) is 3.61. The molecule has 24 heavy (non-hydrogen) atoms. The Labute approximate surface area is 132 Å². The summed E-state index contributed by atoms with van der Waals surface area (Å²) in [5.74, 6) is -4.09. The number of amides is 1. The zero-order chi connectivity index (χ0) is 18.1. The molecule has 0 saturated carbocycles. The molecule has 0 saturated heterocycles. The van der Waals surface area contributed by atoms with Crippen LogP contribution < -0.4 is 10.9 Å². The molecule has 1 heterocycles. The Morgan fingerprint density at radius 2 is 1.71 bits per heavy atom. The average molecular weight is 346 g/mol. The van der Waals surface area contributed by atoms with Crippen molar-refractivity contribution in [2.24, 2.45) is 7.05 Å². The lowest BCUT2D eigenvalue weighted by Crippen LogP contribution is -2.39. The van der Waals surface area contributed by atoms with Crippen LogP contribution in [0.2, 0.25) is 0 Å². The maximum absolute atomic E-state index is 13.7. The van der Waals surface area contributed by atoms with Gasteiger partial charge in [-0.1, -0.05) is 6.07 Å². The highest BCUT2D eigenvalue weighted by atomic mass is 19.4. The molecule has 1 atom stereocenters. The second-order valence-corrected chi connectivity index (χ2v) is 4.95. The third-order valence-corrected chi connectivity index (χ3v) is 3.24. The number of alkyl halides is 3. The van der Waals surface area contributed by atoms with E-state index in [9.17, 15) is 31.5 Å². The lowest BCUT2D eigenvalue weighted by molar-refractivity contribution is -0.156. The van der Waals surface area contributed by atoms with Crippen LogP contribution in [0.3, 0.4) is 0 Å². The standard InChI is InChI=1S/C15H11F5N2O2/c1-22-7-8(5-6-11(22)23)14(24)21-13(15(18,19)20)12-9(16)3-2-4-10(12)17/h2-7,13H,1H3,(H,21,24)/t13-/m1/s1. The van der Waals surface area contributed by atoms with Crippen molar-refractivity contribution in [2.45, 2.75) is 12.2 Å². The molecule has 1 amide bonds. The van der Waals surface area contributed by atoms with Gasteiger partial charge in [-0.25, -0.2) is 8.78 Å². The van der Waals surface area contributed by atoms with Crippen molar-refractivity contribution in [2.75, 3.05) is 0 Å². The van der Waals surface area contributed by atoms with E-state index in [1.54, 1.807) is 5.32 Å². The fourth-order valence-electron chi connectivity index (χ4n) is 2.05. The van der Waals surface area contributed by atoms with Crippen LogP contribution >= 0.6 is 0 Å². The van der Waals surface area contributed by atoms with Crippen molar-refractivity contribution in [3.8, 4) is 0 Å². The summed E-state index contributed by atoms with van der Waals surface area (Å²) in [5, 5.41) is 1.56. The summed E-state index contributed by atoms with van der Waals surface area (Å²) in [6, 6.07) is 1.37. The normalized spacial score (nSPS) is 12.8. The molecule has 4 nitrogen and oxygen atoms in total. The van der Waals surface area contributed by atoms with E-state index in [4.69, 9.17) is 0 Å². The summed E-state index contributed by atoms with van der Waals surface area (Å²) >= 11 is 0. The minimum Gasteiger partial charge on any atom is -0.336 e. The van der Waals surface area contributed by atoms with E-state index in [0.29, 0.717) is 12.1 Å². The van der Waals surface area contributed by atoms with Gasteiger partial charge in [0.15, 0.2) is 6.04 Å². The number of benzene rings is 1. The number of rotatable bonds is 3. The highest BCUT2D eigenvalue weighted by molar-refractivity contribution is 5.94. The number of hydrogen-bond donors (Lipinski definition) is 1. The summed E-state index contributed by atoms with van der Waals surface area (Å²) in [6.07, 6.45) is -4.11. The molecule has 0 aliphatic heterocycles. The molecular weight excluding hydrogens is 335 g/mol. The van der Waals surface area contributed by atoms with Crippen molar-refractivity contribution in [1.82, 2.24) is 9.88 Å². The van der Waals surface area contributed by atoms with Gasteiger partial charge in [-0.15, -0.1) is 0 Å². The SMILES string of the molecule is Cn1cc(C(=O)N[C@H](c2c(F)cccc2F)C(F)(F)F)ccc1=O. The zero-order valence-corrected chi connectivity index (χ0v) is 12.2.